The first-order valence-electron chi connectivity index (χ1n) is 9.97. The Morgan fingerprint density at radius 1 is 0.931 bits per heavy atom. The fourth-order valence-electron chi connectivity index (χ4n) is 3.43. The highest BCUT2D eigenvalue weighted by molar-refractivity contribution is 5.95. The zero-order chi connectivity index (χ0) is 20.8. The lowest BCUT2D eigenvalue weighted by Crippen LogP contribution is -2.21. The summed E-state index contributed by atoms with van der Waals surface area (Å²) in [6, 6.07) is 19.8. The Bertz CT molecular complexity index is 961. The number of amides is 1. The molecule has 0 saturated carbocycles. The molecule has 1 heterocycles. The van der Waals surface area contributed by atoms with Crippen LogP contribution >= 0.6 is 0 Å². The second kappa shape index (κ2) is 9.24. The van der Waals surface area contributed by atoms with Crippen molar-refractivity contribution >= 4 is 17.8 Å². The maximum atomic E-state index is 12.3. The fourth-order valence-corrected chi connectivity index (χ4v) is 3.43. The van der Waals surface area contributed by atoms with Gasteiger partial charge in [-0.1, -0.05) is 12.1 Å². The van der Waals surface area contributed by atoms with Crippen LogP contribution in [0.25, 0.3) is 5.69 Å². The fraction of sp³-hybridized carbons (Fsp3) is 0.250. The monoisotopic (exact) mass is 388 g/mol. The lowest BCUT2D eigenvalue weighted by molar-refractivity contribution is 0.0955. The van der Waals surface area contributed by atoms with E-state index in [-0.39, 0.29) is 5.91 Å². The quantitative estimate of drug-likeness (QED) is 0.471. The molecule has 1 aromatic heterocycles. The van der Waals surface area contributed by atoms with E-state index < -0.39 is 0 Å². The van der Waals surface area contributed by atoms with Crippen molar-refractivity contribution in [2.45, 2.75) is 27.7 Å². The Labute approximate surface area is 172 Å². The smallest absolute Gasteiger partial charge is 0.271 e. The van der Waals surface area contributed by atoms with Gasteiger partial charge < -0.3 is 9.47 Å². The summed E-state index contributed by atoms with van der Waals surface area (Å²) >= 11 is 0. The van der Waals surface area contributed by atoms with E-state index in [0.717, 1.165) is 35.7 Å². The first-order valence-corrected chi connectivity index (χ1v) is 9.97. The number of carbonyl (C=O) groups excluding carboxylic acids is 1. The van der Waals surface area contributed by atoms with Crippen LogP contribution in [0.2, 0.25) is 0 Å². The van der Waals surface area contributed by atoms with Gasteiger partial charge in [-0.05, 0) is 81.8 Å². The van der Waals surface area contributed by atoms with Crippen molar-refractivity contribution in [3.63, 3.8) is 0 Å². The van der Waals surface area contributed by atoms with Crippen LogP contribution in [0.1, 0.15) is 41.2 Å². The van der Waals surface area contributed by atoms with Crippen molar-refractivity contribution in [2.24, 2.45) is 5.10 Å². The van der Waals surface area contributed by atoms with Crippen LogP contribution in [0.3, 0.4) is 0 Å². The summed E-state index contributed by atoms with van der Waals surface area (Å²) in [4.78, 5) is 14.6. The molecular weight excluding hydrogens is 360 g/mol. The summed E-state index contributed by atoms with van der Waals surface area (Å²) in [6.45, 7) is 10.4. The Morgan fingerprint density at radius 2 is 1.52 bits per heavy atom. The molecule has 0 spiro atoms. The van der Waals surface area contributed by atoms with Crippen molar-refractivity contribution < 1.29 is 4.79 Å². The van der Waals surface area contributed by atoms with Gasteiger partial charge in [-0.2, -0.15) is 5.10 Å². The third-order valence-electron chi connectivity index (χ3n) is 5.06. The highest BCUT2D eigenvalue weighted by atomic mass is 16.2. The second-order valence-electron chi connectivity index (χ2n) is 6.96. The molecule has 0 radical (unpaired) electrons. The number of benzene rings is 2. The molecule has 1 N–H and O–H groups in total. The number of nitrogens with zero attached hydrogens (tertiary/aromatic N) is 3. The molecule has 2 aromatic carbocycles. The van der Waals surface area contributed by atoms with Gasteiger partial charge in [-0.3, -0.25) is 4.79 Å². The van der Waals surface area contributed by atoms with Crippen molar-refractivity contribution in [1.29, 1.82) is 0 Å². The van der Waals surface area contributed by atoms with E-state index in [0.29, 0.717) is 5.56 Å². The van der Waals surface area contributed by atoms with Crippen LogP contribution in [-0.2, 0) is 0 Å². The van der Waals surface area contributed by atoms with Crippen LogP contribution in [0, 0.1) is 13.8 Å². The highest BCUT2D eigenvalue weighted by Crippen LogP contribution is 2.17. The lowest BCUT2D eigenvalue weighted by Gasteiger charge is -2.20. The normalized spacial score (nSPS) is 11.0. The van der Waals surface area contributed by atoms with E-state index in [9.17, 15) is 4.79 Å². The molecule has 0 unspecified atom stereocenters. The van der Waals surface area contributed by atoms with Crippen molar-refractivity contribution in [3.05, 3.63) is 83.2 Å². The second-order valence-corrected chi connectivity index (χ2v) is 6.96. The molecular formula is C24H28N4O. The molecule has 0 aliphatic rings. The minimum atomic E-state index is -0.228. The summed E-state index contributed by atoms with van der Waals surface area (Å²) in [6.07, 6.45) is 1.66. The van der Waals surface area contributed by atoms with Crippen molar-refractivity contribution in [3.8, 4) is 5.69 Å². The Balaban J connectivity index is 1.62. The largest absolute Gasteiger partial charge is 0.372 e. The molecule has 0 aliphatic carbocycles. The molecule has 3 aromatic rings. The molecule has 0 saturated heterocycles. The Morgan fingerprint density at radius 3 is 2.07 bits per heavy atom. The van der Waals surface area contributed by atoms with Gasteiger partial charge in [0.2, 0.25) is 0 Å². The molecule has 0 fully saturated rings. The maximum absolute atomic E-state index is 12.3. The molecule has 1 amide bonds. The van der Waals surface area contributed by atoms with Gasteiger partial charge >= 0.3 is 0 Å². The third-order valence-corrected chi connectivity index (χ3v) is 5.06. The van der Waals surface area contributed by atoms with Gasteiger partial charge in [0.15, 0.2) is 0 Å². The molecule has 29 heavy (non-hydrogen) atoms. The first kappa shape index (κ1) is 20.4. The zero-order valence-corrected chi connectivity index (χ0v) is 17.5. The Kier molecular flexibility index (Phi) is 6.50. The summed E-state index contributed by atoms with van der Waals surface area (Å²) in [5, 5.41) is 4.09. The number of hydrogen-bond donors (Lipinski definition) is 1. The number of hydrazone groups is 1. The van der Waals surface area contributed by atoms with Crippen LogP contribution < -0.4 is 10.3 Å². The van der Waals surface area contributed by atoms with Gasteiger partial charge in [-0.15, -0.1) is 0 Å². The molecule has 3 rings (SSSR count). The van der Waals surface area contributed by atoms with Gasteiger partial charge in [0.05, 0.1) is 6.21 Å². The van der Waals surface area contributed by atoms with E-state index in [1.54, 1.807) is 6.21 Å². The third kappa shape index (κ3) is 4.74. The zero-order valence-electron chi connectivity index (χ0n) is 17.5. The van der Waals surface area contributed by atoms with Gasteiger partial charge in [0, 0.05) is 41.4 Å². The molecule has 150 valence electrons. The number of aromatic nitrogens is 1. The molecule has 5 nitrogen and oxygen atoms in total. The molecule has 0 bridgehead atoms. The van der Waals surface area contributed by atoms with Crippen LogP contribution in [0.5, 0.6) is 0 Å². The van der Waals surface area contributed by atoms with E-state index in [2.05, 4.69) is 72.0 Å². The van der Waals surface area contributed by atoms with Gasteiger partial charge in [0.1, 0.15) is 0 Å². The number of hydrogen-bond acceptors (Lipinski definition) is 3. The topological polar surface area (TPSA) is 49.6 Å². The minimum absolute atomic E-state index is 0.228. The predicted molar refractivity (Wildman–Crippen MR) is 120 cm³/mol. The van der Waals surface area contributed by atoms with Crippen LogP contribution in [0.15, 0.2) is 65.8 Å². The van der Waals surface area contributed by atoms with Crippen molar-refractivity contribution in [2.75, 3.05) is 18.0 Å². The highest BCUT2D eigenvalue weighted by Gasteiger charge is 2.07. The first-order chi connectivity index (χ1) is 14.0. The van der Waals surface area contributed by atoms with E-state index in [1.165, 1.54) is 5.69 Å². The van der Waals surface area contributed by atoms with Gasteiger partial charge in [0.25, 0.3) is 5.91 Å². The summed E-state index contributed by atoms with van der Waals surface area (Å²) < 4.78 is 2.15. The van der Waals surface area contributed by atoms with Crippen molar-refractivity contribution in [1.82, 2.24) is 9.99 Å². The molecule has 0 atom stereocenters. The molecule has 5 heteroatoms. The molecule has 0 aliphatic heterocycles. The maximum Gasteiger partial charge on any atom is 0.271 e. The summed E-state index contributed by atoms with van der Waals surface area (Å²) in [5.74, 6) is -0.228. The van der Waals surface area contributed by atoms with Gasteiger partial charge in [-0.25, -0.2) is 5.43 Å². The Hall–Kier alpha value is -3.34. The average molecular weight is 389 g/mol. The summed E-state index contributed by atoms with van der Waals surface area (Å²) in [5.41, 5.74) is 8.66. The van der Waals surface area contributed by atoms with E-state index in [4.69, 9.17) is 0 Å². The average Bonchev–Trinajstić information content (AvgIpc) is 3.08. The summed E-state index contributed by atoms with van der Waals surface area (Å²) in [7, 11) is 0. The number of rotatable bonds is 7. The number of nitrogens with one attached hydrogen (secondary N) is 1. The number of carbonyl (C=O) groups is 1. The minimum Gasteiger partial charge on any atom is -0.372 e. The van der Waals surface area contributed by atoms with E-state index in [1.807, 2.05) is 36.4 Å². The standard InChI is InChI=1S/C24H28N4O/c1-5-27(6-2)22-13-9-20(10-14-22)17-25-26-24(29)21-11-15-23(16-12-21)28-18(3)7-8-19(28)4/h7-17H,5-6H2,1-4H3,(H,26,29)/b25-17-. The lowest BCUT2D eigenvalue weighted by atomic mass is 10.2. The SMILES string of the molecule is CCN(CC)c1ccc(/C=N\NC(=O)c2ccc(-n3c(C)ccc3C)cc2)cc1. The van der Waals surface area contributed by atoms with E-state index >= 15 is 0 Å². The predicted octanol–water partition coefficient (Wildman–Crippen LogP) is 4.70. The van der Waals surface area contributed by atoms with Crippen LogP contribution in [0.4, 0.5) is 5.69 Å². The van der Waals surface area contributed by atoms with Crippen LogP contribution in [-0.4, -0.2) is 29.8 Å². The number of anilines is 1. The number of aryl methyl sites for hydroxylation is 2.